The Morgan fingerprint density at radius 3 is 2.52 bits per heavy atom. The molecule has 2 aliphatic rings. The second-order valence-corrected chi connectivity index (χ2v) is 8.67. The van der Waals surface area contributed by atoms with Crippen molar-refractivity contribution in [3.05, 3.63) is 51.2 Å². The predicted octanol–water partition coefficient (Wildman–Crippen LogP) is 1.70. The first-order valence-corrected chi connectivity index (χ1v) is 9.89. The number of hydrogen-bond acceptors (Lipinski definition) is 5. The van der Waals surface area contributed by atoms with Crippen molar-refractivity contribution in [1.82, 2.24) is 4.90 Å². The smallest absolute Gasteiger partial charge is 0.239 e. The molecule has 2 atom stereocenters. The van der Waals surface area contributed by atoms with Crippen LogP contribution in [-0.2, 0) is 16.9 Å². The molecule has 5 nitrogen and oxygen atoms in total. The third-order valence-corrected chi connectivity index (χ3v) is 7.00. The van der Waals surface area contributed by atoms with E-state index in [0.29, 0.717) is 16.3 Å². The number of guanidine groups is 1. The summed E-state index contributed by atoms with van der Waals surface area (Å²) in [6.45, 7) is 1.77. The quantitative estimate of drug-likeness (QED) is 0.794. The van der Waals surface area contributed by atoms with Gasteiger partial charge in [-0.15, -0.1) is 11.3 Å². The van der Waals surface area contributed by atoms with Gasteiger partial charge in [-0.2, -0.15) is 0 Å². The molecule has 1 amide bonds. The summed E-state index contributed by atoms with van der Waals surface area (Å²) in [5, 5.41) is 9.53. The van der Waals surface area contributed by atoms with Gasteiger partial charge in [-0.1, -0.05) is 35.8 Å². The van der Waals surface area contributed by atoms with E-state index in [1.165, 1.54) is 34.6 Å². The van der Waals surface area contributed by atoms with Crippen LogP contribution in [0.5, 0.6) is 0 Å². The maximum Gasteiger partial charge on any atom is 0.239 e. The van der Waals surface area contributed by atoms with Crippen LogP contribution >= 0.6 is 11.3 Å². The number of thiophene rings is 1. The fourth-order valence-electron chi connectivity index (χ4n) is 3.78. The number of aliphatic imine (C=N–C) groups is 1. The molecule has 138 valence electrons. The number of carbonyl (C=O) groups excluding carboxylic acids is 1. The highest BCUT2D eigenvalue weighted by atomic mass is 32.1. The Bertz CT molecular complexity index is 920. The second-order valence-electron chi connectivity index (χ2n) is 7.54. The van der Waals surface area contributed by atoms with Gasteiger partial charge in [0.25, 0.3) is 0 Å². The summed E-state index contributed by atoms with van der Waals surface area (Å²) in [7, 11) is 7.68. The SMILES string of the molecule is [B]c1cc([C@@]2(C)N=C(N)N(C)C(=O)[C@H]2c2ccc(C3CC3)cc2)sc1CO. The van der Waals surface area contributed by atoms with Gasteiger partial charge in [0.2, 0.25) is 5.91 Å². The lowest BCUT2D eigenvalue weighted by Crippen LogP contribution is -2.52. The molecule has 1 aliphatic carbocycles. The van der Waals surface area contributed by atoms with Crippen LogP contribution in [-0.4, -0.2) is 36.8 Å². The number of likely N-dealkylation sites (N-methyl/N-ethyl adjacent to an activating group) is 1. The van der Waals surface area contributed by atoms with Gasteiger partial charge in [0, 0.05) is 16.8 Å². The molecule has 1 aromatic carbocycles. The van der Waals surface area contributed by atoms with Gasteiger partial charge in [-0.25, -0.2) is 4.99 Å². The zero-order valence-corrected chi connectivity index (χ0v) is 16.3. The molecule has 7 heteroatoms. The van der Waals surface area contributed by atoms with E-state index in [1.807, 2.05) is 19.1 Å². The van der Waals surface area contributed by atoms with Crippen molar-refractivity contribution in [1.29, 1.82) is 0 Å². The van der Waals surface area contributed by atoms with E-state index in [4.69, 9.17) is 18.6 Å². The number of nitrogens with two attached hydrogens (primary N) is 1. The Kier molecular flexibility index (Phi) is 4.39. The summed E-state index contributed by atoms with van der Waals surface area (Å²) < 4.78 is 0. The van der Waals surface area contributed by atoms with Crippen molar-refractivity contribution in [2.45, 2.75) is 43.7 Å². The van der Waals surface area contributed by atoms with Gasteiger partial charge in [0.15, 0.2) is 5.96 Å². The number of carbonyl (C=O) groups is 1. The van der Waals surface area contributed by atoms with Gasteiger partial charge in [0.05, 0.1) is 12.5 Å². The standard InChI is InChI=1S/C20H22BN3O2S/c1-20(16-9-14(21)15(10-25)27-16)17(18(26)24(2)19(22)23-20)13-7-5-12(6-8-13)11-3-4-11/h5-9,11,17,25H,3-4,10H2,1-2H3,(H2,22,23)/t17-,20-/m1/s1. The Hall–Kier alpha value is -2.12. The van der Waals surface area contributed by atoms with Crippen molar-refractivity contribution in [3.63, 3.8) is 0 Å². The maximum atomic E-state index is 13.2. The zero-order valence-electron chi connectivity index (χ0n) is 15.5. The predicted molar refractivity (Wildman–Crippen MR) is 109 cm³/mol. The lowest BCUT2D eigenvalue weighted by molar-refractivity contribution is -0.130. The number of nitrogens with zero attached hydrogens (tertiary/aromatic N) is 2. The van der Waals surface area contributed by atoms with Crippen molar-refractivity contribution in [2.75, 3.05) is 7.05 Å². The van der Waals surface area contributed by atoms with Gasteiger partial charge >= 0.3 is 0 Å². The lowest BCUT2D eigenvalue weighted by Gasteiger charge is -2.40. The fraction of sp³-hybridized carbons (Fsp3) is 0.400. The molecule has 1 aliphatic heterocycles. The van der Waals surface area contributed by atoms with E-state index in [0.717, 1.165) is 10.4 Å². The summed E-state index contributed by atoms with van der Waals surface area (Å²) in [5.41, 5.74) is 7.92. The van der Waals surface area contributed by atoms with Gasteiger partial charge in [0.1, 0.15) is 13.4 Å². The molecule has 0 saturated heterocycles. The van der Waals surface area contributed by atoms with E-state index in [2.05, 4.69) is 12.1 Å². The van der Waals surface area contributed by atoms with E-state index >= 15 is 0 Å². The summed E-state index contributed by atoms with van der Waals surface area (Å²) in [5.74, 6) is 0.244. The Morgan fingerprint density at radius 1 is 1.33 bits per heavy atom. The van der Waals surface area contributed by atoms with Crippen LogP contribution in [0.15, 0.2) is 35.3 Å². The third kappa shape index (κ3) is 2.99. The van der Waals surface area contributed by atoms with Crippen LogP contribution in [0.4, 0.5) is 0 Å². The highest BCUT2D eigenvalue weighted by Crippen LogP contribution is 2.46. The van der Waals surface area contributed by atoms with E-state index in [-0.39, 0.29) is 18.5 Å². The molecule has 3 N–H and O–H groups in total. The van der Waals surface area contributed by atoms with E-state index < -0.39 is 11.5 Å². The third-order valence-electron chi connectivity index (χ3n) is 5.63. The summed E-state index contributed by atoms with van der Waals surface area (Å²) >= 11 is 1.38. The molecular weight excluding hydrogens is 357 g/mol. The summed E-state index contributed by atoms with van der Waals surface area (Å²) in [4.78, 5) is 20.8. The average molecular weight is 379 g/mol. The summed E-state index contributed by atoms with van der Waals surface area (Å²) in [6.07, 6.45) is 2.47. The first kappa shape index (κ1) is 18.3. The molecule has 1 aromatic heterocycles. The minimum atomic E-state index is -0.874. The molecule has 2 aromatic rings. The molecule has 1 fully saturated rings. The number of aliphatic hydroxyl groups excluding tert-OH is 1. The number of benzene rings is 1. The van der Waals surface area contributed by atoms with Crippen molar-refractivity contribution in [3.8, 4) is 0 Å². The highest BCUT2D eigenvalue weighted by Gasteiger charge is 2.48. The minimum Gasteiger partial charge on any atom is -0.391 e. The maximum absolute atomic E-state index is 13.2. The zero-order chi connectivity index (χ0) is 19.3. The molecule has 1 saturated carbocycles. The van der Waals surface area contributed by atoms with Crippen LogP contribution in [0, 0.1) is 0 Å². The molecule has 2 heterocycles. The first-order valence-electron chi connectivity index (χ1n) is 9.07. The highest BCUT2D eigenvalue weighted by molar-refractivity contribution is 7.13. The molecule has 27 heavy (non-hydrogen) atoms. The number of hydrogen-bond donors (Lipinski definition) is 2. The monoisotopic (exact) mass is 379 g/mol. The first-order chi connectivity index (χ1) is 12.8. The van der Waals surface area contributed by atoms with Gasteiger partial charge < -0.3 is 10.8 Å². The summed E-state index contributed by atoms with van der Waals surface area (Å²) in [6, 6.07) is 10.1. The van der Waals surface area contributed by atoms with Crippen LogP contribution in [0.1, 0.15) is 52.5 Å². The topological polar surface area (TPSA) is 78.9 Å². The molecular formula is C20H22BN3O2S. The molecule has 2 radical (unpaired) electrons. The van der Waals surface area contributed by atoms with Crippen LogP contribution in [0.2, 0.25) is 0 Å². The van der Waals surface area contributed by atoms with E-state index in [1.54, 1.807) is 13.1 Å². The lowest BCUT2D eigenvalue weighted by atomic mass is 9.77. The van der Waals surface area contributed by atoms with Crippen LogP contribution in [0.3, 0.4) is 0 Å². The van der Waals surface area contributed by atoms with Crippen molar-refractivity contribution < 1.29 is 9.90 Å². The van der Waals surface area contributed by atoms with Gasteiger partial charge in [-0.3, -0.25) is 9.69 Å². The number of amides is 1. The molecule has 4 rings (SSSR count). The molecule has 0 unspecified atom stereocenters. The fourth-order valence-corrected chi connectivity index (χ4v) is 4.84. The number of rotatable bonds is 4. The Balaban J connectivity index is 1.83. The van der Waals surface area contributed by atoms with Crippen molar-refractivity contribution >= 4 is 36.5 Å². The number of aliphatic hydroxyl groups is 1. The minimum absolute atomic E-state index is 0.0957. The van der Waals surface area contributed by atoms with Gasteiger partial charge in [-0.05, 0) is 36.8 Å². The Labute approximate surface area is 164 Å². The largest absolute Gasteiger partial charge is 0.391 e. The van der Waals surface area contributed by atoms with E-state index in [9.17, 15) is 9.90 Å². The van der Waals surface area contributed by atoms with Crippen molar-refractivity contribution in [2.24, 2.45) is 10.7 Å². The average Bonchev–Trinajstić information content (AvgIpc) is 3.42. The second kappa shape index (κ2) is 6.50. The van der Waals surface area contributed by atoms with Crippen LogP contribution < -0.4 is 11.2 Å². The molecule has 0 bridgehead atoms. The normalized spacial score (nSPS) is 25.6. The van der Waals surface area contributed by atoms with Crippen LogP contribution in [0.25, 0.3) is 0 Å². The Morgan fingerprint density at radius 2 is 1.96 bits per heavy atom. The molecule has 0 spiro atoms.